The standard InChI is InChI=1S/C20H31N4O16P.Na/c1-7(26)22-12-8(27)4-20(18(32)33,39-16(12)13(29)9(28)5-25)40-41(35,36)37-6-10-14(30)15(31)17(38-10)24-3-2-11(21)23-19(24)34;/h2-3,8-10,12-17,25,27-31H,4-6H2,1H3,(H,22,26)(H,32,33)(H,35,36)(H2,21,23,34);/q;+1/p-1/t8?,9?,10-,12?,13?,14-,15-,16?,17-,20?;/m1./s1. The molecule has 0 radical (unpaired) electrons. The predicted molar refractivity (Wildman–Crippen MR) is 126 cm³/mol. The van der Waals surface area contributed by atoms with Gasteiger partial charge in [-0.05, 0) is 6.07 Å². The fraction of sp³-hybridized carbons (Fsp3) is 0.700. The zero-order valence-electron chi connectivity index (χ0n) is 22.2. The van der Waals surface area contributed by atoms with Gasteiger partial charge in [-0.25, -0.2) is 9.59 Å². The minimum Gasteiger partial charge on any atom is -0.756 e. The molecule has 1 aromatic rings. The summed E-state index contributed by atoms with van der Waals surface area (Å²) in [6.07, 6.45) is -14.9. The summed E-state index contributed by atoms with van der Waals surface area (Å²) in [5.74, 6) is -6.32. The fourth-order valence-corrected chi connectivity index (χ4v) is 5.25. The quantitative estimate of drug-likeness (QED) is 0.0804. The van der Waals surface area contributed by atoms with Crippen LogP contribution in [0.3, 0.4) is 0 Å². The molecule has 3 rings (SSSR count). The number of aliphatic carboxylic acids is 1. The summed E-state index contributed by atoms with van der Waals surface area (Å²) in [4.78, 5) is 51.9. The number of phosphoric ester groups is 1. The number of carboxylic acid groups (broad SMARTS) is 1. The monoisotopic (exact) mass is 636 g/mol. The van der Waals surface area contributed by atoms with Crippen LogP contribution in [0.1, 0.15) is 19.6 Å². The van der Waals surface area contributed by atoms with Gasteiger partial charge in [0, 0.05) is 19.5 Å². The van der Waals surface area contributed by atoms with Gasteiger partial charge in [-0.1, -0.05) is 0 Å². The van der Waals surface area contributed by atoms with Gasteiger partial charge >= 0.3 is 41.2 Å². The number of anilines is 1. The number of aliphatic hydroxyl groups is 6. The maximum absolute atomic E-state index is 12.7. The number of carbonyl (C=O) groups is 2. The van der Waals surface area contributed by atoms with E-state index in [1.807, 2.05) is 0 Å². The van der Waals surface area contributed by atoms with Crippen molar-refractivity contribution in [2.45, 2.75) is 74.1 Å². The number of nitrogens with two attached hydrogens (primary N) is 1. The van der Waals surface area contributed by atoms with Crippen LogP contribution >= 0.6 is 7.82 Å². The molecule has 232 valence electrons. The van der Waals surface area contributed by atoms with E-state index < -0.39 is 106 Å². The minimum absolute atomic E-state index is 0. The van der Waals surface area contributed by atoms with Gasteiger partial charge in [-0.2, -0.15) is 4.98 Å². The molecule has 2 aliphatic heterocycles. The van der Waals surface area contributed by atoms with Crippen molar-refractivity contribution in [3.05, 3.63) is 22.7 Å². The molecule has 7 unspecified atom stereocenters. The second-order valence-electron chi connectivity index (χ2n) is 9.30. The molecule has 0 saturated carbocycles. The zero-order valence-corrected chi connectivity index (χ0v) is 25.1. The number of hydrogen-bond donors (Lipinski definition) is 9. The summed E-state index contributed by atoms with van der Waals surface area (Å²) in [6.45, 7) is -1.13. The van der Waals surface area contributed by atoms with E-state index >= 15 is 0 Å². The van der Waals surface area contributed by atoms with E-state index in [-0.39, 0.29) is 35.4 Å². The van der Waals surface area contributed by atoms with Crippen LogP contribution in [0.4, 0.5) is 5.82 Å². The summed E-state index contributed by atoms with van der Waals surface area (Å²) in [6, 6.07) is -0.393. The molecular weight excluding hydrogens is 606 g/mol. The largest absolute Gasteiger partial charge is 1.00 e. The molecule has 1 amide bonds. The molecule has 3 heterocycles. The number of phosphoric acid groups is 1. The first kappa shape index (κ1) is 36.6. The maximum Gasteiger partial charge on any atom is 1.00 e. The zero-order chi connectivity index (χ0) is 30.9. The molecule has 0 aliphatic carbocycles. The third kappa shape index (κ3) is 8.11. The summed E-state index contributed by atoms with van der Waals surface area (Å²) in [5, 5.41) is 72.5. The number of nitrogens with one attached hydrogen (secondary N) is 1. The van der Waals surface area contributed by atoms with Crippen molar-refractivity contribution in [3.63, 3.8) is 0 Å². The van der Waals surface area contributed by atoms with Crippen LogP contribution in [0.25, 0.3) is 0 Å². The first-order chi connectivity index (χ1) is 19.0. The molecule has 11 atom stereocenters. The number of nitrogens with zero attached hydrogens (tertiary/aromatic N) is 2. The molecule has 42 heavy (non-hydrogen) atoms. The topological polar surface area (TPSA) is 326 Å². The van der Waals surface area contributed by atoms with Crippen molar-refractivity contribution in [3.8, 4) is 0 Å². The summed E-state index contributed by atoms with van der Waals surface area (Å²) in [5.41, 5.74) is 4.44. The Bertz CT molecular complexity index is 1220. The average molecular weight is 636 g/mol. The van der Waals surface area contributed by atoms with Gasteiger partial charge in [0.2, 0.25) is 5.91 Å². The molecule has 22 heteroatoms. The number of amides is 1. The van der Waals surface area contributed by atoms with Crippen LogP contribution in [-0.4, -0.2) is 125 Å². The van der Waals surface area contributed by atoms with E-state index in [4.69, 9.17) is 15.2 Å². The number of rotatable bonds is 11. The van der Waals surface area contributed by atoms with Gasteiger partial charge in [-0.15, -0.1) is 0 Å². The van der Waals surface area contributed by atoms with E-state index in [0.717, 1.165) is 17.7 Å². The van der Waals surface area contributed by atoms with E-state index in [9.17, 15) is 59.6 Å². The molecular formula is C20H30N4NaO16P. The number of carboxylic acids is 1. The van der Waals surface area contributed by atoms with Crippen LogP contribution in [-0.2, 0) is 32.7 Å². The Balaban J connectivity index is 0.00000616. The molecule has 2 aliphatic rings. The van der Waals surface area contributed by atoms with Crippen molar-refractivity contribution >= 4 is 25.5 Å². The number of carbonyl (C=O) groups excluding carboxylic acids is 1. The third-order valence-electron chi connectivity index (χ3n) is 6.31. The van der Waals surface area contributed by atoms with Gasteiger partial charge in [0.05, 0.1) is 25.4 Å². The first-order valence-electron chi connectivity index (χ1n) is 11.9. The van der Waals surface area contributed by atoms with Gasteiger partial charge in [0.25, 0.3) is 13.6 Å². The number of ether oxygens (including phenoxy) is 2. The number of aromatic nitrogens is 2. The van der Waals surface area contributed by atoms with Gasteiger partial charge < -0.3 is 65.7 Å². The average Bonchev–Trinajstić information content (AvgIpc) is 3.16. The van der Waals surface area contributed by atoms with E-state index in [2.05, 4.69) is 19.3 Å². The number of nitrogen functional groups attached to an aromatic ring is 1. The van der Waals surface area contributed by atoms with Gasteiger partial charge in [-0.3, -0.25) is 18.5 Å². The van der Waals surface area contributed by atoms with Crippen LogP contribution < -0.4 is 51.2 Å². The second-order valence-corrected chi connectivity index (χ2v) is 10.6. The Morgan fingerprint density at radius 3 is 2.52 bits per heavy atom. The maximum atomic E-state index is 12.7. The summed E-state index contributed by atoms with van der Waals surface area (Å²) < 4.78 is 33.3. The molecule has 2 saturated heterocycles. The molecule has 0 aromatic carbocycles. The van der Waals surface area contributed by atoms with Gasteiger partial charge in [0.1, 0.15) is 42.4 Å². The molecule has 20 nitrogen and oxygen atoms in total. The Kier molecular flexibility index (Phi) is 12.6. The molecule has 2 fully saturated rings. The Hall–Kier alpha value is -1.59. The Labute approximate surface area is 258 Å². The van der Waals surface area contributed by atoms with Crippen LogP contribution in [0, 0.1) is 0 Å². The van der Waals surface area contributed by atoms with E-state index in [1.54, 1.807) is 0 Å². The van der Waals surface area contributed by atoms with E-state index in [0.29, 0.717) is 0 Å². The Morgan fingerprint density at radius 2 is 1.98 bits per heavy atom. The molecule has 10 N–H and O–H groups in total. The normalized spacial score (nSPS) is 34.0. The Morgan fingerprint density at radius 1 is 1.33 bits per heavy atom. The van der Waals surface area contributed by atoms with Crippen LogP contribution in [0.15, 0.2) is 17.1 Å². The smallest absolute Gasteiger partial charge is 0.756 e. The molecule has 1 aromatic heterocycles. The second kappa shape index (κ2) is 14.5. The number of hydrogen-bond acceptors (Lipinski definition) is 17. The van der Waals surface area contributed by atoms with Crippen molar-refractivity contribution in [1.29, 1.82) is 0 Å². The van der Waals surface area contributed by atoms with Crippen molar-refractivity contribution in [1.82, 2.24) is 14.9 Å². The van der Waals surface area contributed by atoms with Crippen molar-refractivity contribution < 1.29 is 103 Å². The van der Waals surface area contributed by atoms with Gasteiger partial charge in [0.15, 0.2) is 6.23 Å². The van der Waals surface area contributed by atoms with Crippen molar-refractivity contribution in [2.24, 2.45) is 0 Å². The summed E-state index contributed by atoms with van der Waals surface area (Å²) >= 11 is 0. The van der Waals surface area contributed by atoms with Crippen LogP contribution in [0.2, 0.25) is 0 Å². The van der Waals surface area contributed by atoms with Crippen LogP contribution in [0.5, 0.6) is 0 Å². The predicted octanol–water partition coefficient (Wildman–Crippen LogP) is -8.90. The number of aliphatic hydroxyl groups excluding tert-OH is 6. The van der Waals surface area contributed by atoms with Crippen molar-refractivity contribution in [2.75, 3.05) is 18.9 Å². The molecule has 0 spiro atoms. The molecule has 0 bridgehead atoms. The minimum atomic E-state index is -5.77. The van der Waals surface area contributed by atoms with E-state index in [1.165, 1.54) is 6.07 Å². The summed E-state index contributed by atoms with van der Waals surface area (Å²) in [7, 11) is -5.77. The first-order valence-corrected chi connectivity index (χ1v) is 13.3. The fourth-order valence-electron chi connectivity index (χ4n) is 4.31. The SMILES string of the molecule is CC(=O)NC1C(O)CC(OP(=O)([O-])OC[C@H]2O[C@@H](n3ccc(N)nc3=O)[C@H](O)[C@@H]2O)(C(=O)O)OC1C(O)C(O)CO.[Na+]. The third-order valence-corrected chi connectivity index (χ3v) is 7.29.